The fraction of sp³-hybridized carbons (Fsp3) is 0.154. The molecule has 0 bridgehead atoms. The molecule has 0 aliphatic heterocycles. The fourth-order valence-electron chi connectivity index (χ4n) is 3.97. The lowest BCUT2D eigenvalue weighted by Gasteiger charge is -2.07. The molecule has 170 valence electrons. The van der Waals surface area contributed by atoms with Gasteiger partial charge in [-0.25, -0.2) is 9.67 Å². The van der Waals surface area contributed by atoms with Crippen molar-refractivity contribution in [3.05, 3.63) is 105 Å². The minimum atomic E-state index is -0.215. The molecule has 0 saturated heterocycles. The Morgan fingerprint density at radius 3 is 2.47 bits per heavy atom. The van der Waals surface area contributed by atoms with Crippen molar-refractivity contribution >= 4 is 22.2 Å². The molecule has 1 amide bonds. The molecule has 0 saturated carbocycles. The van der Waals surface area contributed by atoms with Crippen LogP contribution in [0.15, 0.2) is 76.9 Å². The van der Waals surface area contributed by atoms with E-state index in [0.717, 1.165) is 16.9 Å². The number of aryl methyl sites for hydroxylation is 2. The lowest BCUT2D eigenvalue weighted by Crippen LogP contribution is -2.27. The van der Waals surface area contributed by atoms with E-state index < -0.39 is 0 Å². The predicted molar refractivity (Wildman–Crippen MR) is 133 cm³/mol. The Morgan fingerprint density at radius 1 is 1.03 bits per heavy atom. The maximum absolute atomic E-state index is 13.6. The Balaban J connectivity index is 1.47. The number of para-hydroxylation sites is 1. The van der Waals surface area contributed by atoms with Crippen molar-refractivity contribution in [3.63, 3.8) is 0 Å². The minimum Gasteiger partial charge on any atom is -0.352 e. The van der Waals surface area contributed by atoms with Crippen molar-refractivity contribution in [3.8, 4) is 16.9 Å². The van der Waals surface area contributed by atoms with E-state index in [0.29, 0.717) is 34.2 Å². The van der Waals surface area contributed by atoms with Crippen LogP contribution in [0.1, 0.15) is 22.6 Å². The van der Waals surface area contributed by atoms with Gasteiger partial charge in [0.1, 0.15) is 5.69 Å². The highest BCUT2D eigenvalue weighted by atomic mass is 32.1. The molecular formula is C26H23N5O2S. The Kier molecular flexibility index (Phi) is 5.81. The molecule has 3 heterocycles. The summed E-state index contributed by atoms with van der Waals surface area (Å²) >= 11 is 1.35. The van der Waals surface area contributed by atoms with Crippen molar-refractivity contribution in [2.45, 2.75) is 26.8 Å². The van der Waals surface area contributed by atoms with E-state index in [1.807, 2.05) is 90.6 Å². The van der Waals surface area contributed by atoms with E-state index in [1.54, 1.807) is 0 Å². The van der Waals surface area contributed by atoms with Crippen LogP contribution in [0.2, 0.25) is 0 Å². The average molecular weight is 470 g/mol. The zero-order chi connectivity index (χ0) is 23.7. The number of nitrogens with one attached hydrogen (secondary N) is 1. The Labute approximate surface area is 200 Å². The summed E-state index contributed by atoms with van der Waals surface area (Å²) in [6, 6.07) is 21.4. The lowest BCUT2D eigenvalue weighted by atomic mass is 10.1. The highest BCUT2D eigenvalue weighted by Gasteiger charge is 2.20. The van der Waals surface area contributed by atoms with Crippen LogP contribution in [0.25, 0.3) is 21.9 Å². The number of benzene rings is 2. The molecule has 0 radical (unpaired) electrons. The summed E-state index contributed by atoms with van der Waals surface area (Å²) in [5.74, 6) is -0.151. The number of aromatic nitrogens is 4. The van der Waals surface area contributed by atoms with Crippen molar-refractivity contribution in [2.24, 2.45) is 0 Å². The van der Waals surface area contributed by atoms with Gasteiger partial charge in [0.25, 0.3) is 5.56 Å². The van der Waals surface area contributed by atoms with Crippen molar-refractivity contribution in [1.82, 2.24) is 24.5 Å². The summed E-state index contributed by atoms with van der Waals surface area (Å²) in [6.07, 6.45) is 0.0917. The number of rotatable bonds is 6. The third-order valence-corrected chi connectivity index (χ3v) is 6.51. The standard InChI is InChI=1S/C26H23N5O2S/c1-17-13-22(29-31(17)20-11-7-4-8-12-20)24-18(2)28-26-30(25(24)33)21(16-34-26)14-23(32)27-15-19-9-5-3-6-10-19/h3-13,16H,14-15H2,1-2H3,(H,27,32). The summed E-state index contributed by atoms with van der Waals surface area (Å²) in [6.45, 7) is 4.21. The first kappa shape index (κ1) is 21.8. The molecular weight excluding hydrogens is 446 g/mol. The number of nitrogens with zero attached hydrogens (tertiary/aromatic N) is 4. The number of fused-ring (bicyclic) bond motifs is 1. The predicted octanol–water partition coefficient (Wildman–Crippen LogP) is 4.08. The first-order chi connectivity index (χ1) is 16.5. The van der Waals surface area contributed by atoms with E-state index in [1.165, 1.54) is 15.7 Å². The molecule has 0 unspecified atom stereocenters. The summed E-state index contributed by atoms with van der Waals surface area (Å²) in [5, 5.41) is 9.45. The molecule has 34 heavy (non-hydrogen) atoms. The topological polar surface area (TPSA) is 81.3 Å². The zero-order valence-electron chi connectivity index (χ0n) is 18.9. The van der Waals surface area contributed by atoms with Gasteiger partial charge in [-0.3, -0.25) is 14.0 Å². The number of hydrogen-bond donors (Lipinski definition) is 1. The third kappa shape index (κ3) is 4.15. The average Bonchev–Trinajstić information content (AvgIpc) is 3.42. The van der Waals surface area contributed by atoms with Gasteiger partial charge in [0.2, 0.25) is 5.91 Å². The first-order valence-electron chi connectivity index (χ1n) is 10.9. The molecule has 0 fully saturated rings. The Hall–Kier alpha value is -4.04. The normalized spacial score (nSPS) is 11.1. The second kappa shape index (κ2) is 9.07. The summed E-state index contributed by atoms with van der Waals surface area (Å²) in [7, 11) is 0. The maximum atomic E-state index is 13.6. The summed E-state index contributed by atoms with van der Waals surface area (Å²) in [5.41, 5.74) is 4.88. The van der Waals surface area contributed by atoms with E-state index >= 15 is 0 Å². The zero-order valence-corrected chi connectivity index (χ0v) is 19.7. The highest BCUT2D eigenvalue weighted by molar-refractivity contribution is 7.15. The largest absolute Gasteiger partial charge is 0.352 e. The molecule has 5 aromatic rings. The van der Waals surface area contributed by atoms with Gasteiger partial charge < -0.3 is 5.32 Å². The van der Waals surface area contributed by atoms with Gasteiger partial charge in [0.15, 0.2) is 4.96 Å². The van der Waals surface area contributed by atoms with Gasteiger partial charge >= 0.3 is 0 Å². The van der Waals surface area contributed by atoms with Crippen molar-refractivity contribution in [1.29, 1.82) is 0 Å². The molecule has 0 aliphatic rings. The molecule has 3 aromatic heterocycles. The molecule has 2 aromatic carbocycles. The van der Waals surface area contributed by atoms with Crippen LogP contribution >= 0.6 is 11.3 Å². The summed E-state index contributed by atoms with van der Waals surface area (Å²) in [4.78, 5) is 31.4. The molecule has 0 spiro atoms. The fourth-order valence-corrected chi connectivity index (χ4v) is 4.90. The second-order valence-electron chi connectivity index (χ2n) is 8.08. The third-order valence-electron chi connectivity index (χ3n) is 5.64. The van der Waals surface area contributed by atoms with Crippen LogP contribution in [0.3, 0.4) is 0 Å². The van der Waals surface area contributed by atoms with Crippen molar-refractivity contribution < 1.29 is 4.79 Å². The van der Waals surface area contributed by atoms with Crippen LogP contribution in [-0.4, -0.2) is 25.1 Å². The van der Waals surface area contributed by atoms with Crippen LogP contribution in [0.5, 0.6) is 0 Å². The van der Waals surface area contributed by atoms with E-state index in [9.17, 15) is 9.59 Å². The monoisotopic (exact) mass is 469 g/mol. The SMILES string of the molecule is Cc1nc2scc(CC(=O)NCc3ccccc3)n2c(=O)c1-c1cc(C)n(-c2ccccc2)n1. The van der Waals surface area contributed by atoms with Crippen LogP contribution in [0.4, 0.5) is 0 Å². The van der Waals surface area contributed by atoms with Crippen LogP contribution < -0.4 is 10.9 Å². The quantitative estimate of drug-likeness (QED) is 0.406. The second-order valence-corrected chi connectivity index (χ2v) is 8.92. The Morgan fingerprint density at radius 2 is 1.74 bits per heavy atom. The van der Waals surface area contributed by atoms with Gasteiger partial charge in [0.05, 0.1) is 23.4 Å². The van der Waals surface area contributed by atoms with Gasteiger partial charge in [-0.1, -0.05) is 48.5 Å². The van der Waals surface area contributed by atoms with E-state index in [4.69, 9.17) is 5.10 Å². The smallest absolute Gasteiger partial charge is 0.268 e. The lowest BCUT2D eigenvalue weighted by molar-refractivity contribution is -0.120. The molecule has 8 heteroatoms. The Bertz CT molecular complexity index is 1530. The number of carbonyl (C=O) groups is 1. The minimum absolute atomic E-state index is 0.0917. The molecule has 7 nitrogen and oxygen atoms in total. The van der Waals surface area contributed by atoms with E-state index in [2.05, 4.69) is 10.3 Å². The number of carbonyl (C=O) groups excluding carboxylic acids is 1. The van der Waals surface area contributed by atoms with Crippen LogP contribution in [0, 0.1) is 13.8 Å². The maximum Gasteiger partial charge on any atom is 0.268 e. The van der Waals surface area contributed by atoms with Gasteiger partial charge in [-0.05, 0) is 37.6 Å². The van der Waals surface area contributed by atoms with Crippen LogP contribution in [-0.2, 0) is 17.8 Å². The first-order valence-corrected chi connectivity index (χ1v) is 11.8. The number of hydrogen-bond acceptors (Lipinski definition) is 5. The van der Waals surface area contributed by atoms with E-state index in [-0.39, 0.29) is 17.9 Å². The van der Waals surface area contributed by atoms with Gasteiger partial charge in [-0.2, -0.15) is 5.10 Å². The number of amides is 1. The van der Waals surface area contributed by atoms with Crippen molar-refractivity contribution in [2.75, 3.05) is 0 Å². The highest BCUT2D eigenvalue weighted by Crippen LogP contribution is 2.23. The molecule has 1 N–H and O–H groups in total. The van der Waals surface area contributed by atoms with Gasteiger partial charge in [-0.15, -0.1) is 11.3 Å². The molecule has 0 aliphatic carbocycles. The van der Waals surface area contributed by atoms with Gasteiger partial charge in [0, 0.05) is 23.3 Å². The number of thiazole rings is 1. The molecule has 5 rings (SSSR count). The summed E-state index contributed by atoms with van der Waals surface area (Å²) < 4.78 is 3.35. The molecule has 0 atom stereocenters.